The van der Waals surface area contributed by atoms with Gasteiger partial charge in [0.2, 0.25) is 5.91 Å². The first-order chi connectivity index (χ1) is 7.77. The average molecular weight is 248 g/mol. The van der Waals surface area contributed by atoms with Crippen molar-refractivity contribution < 1.29 is 9.53 Å². The number of carbonyl (C=O) groups excluding carboxylic acids is 1. The Hall–Kier alpha value is -0.280. The summed E-state index contributed by atoms with van der Waals surface area (Å²) in [7, 11) is 0. The lowest BCUT2D eigenvalue weighted by molar-refractivity contribution is -0.125. The maximum atomic E-state index is 11.4. The lowest BCUT2D eigenvalue weighted by Gasteiger charge is -2.17. The van der Waals surface area contributed by atoms with Gasteiger partial charge in [0.25, 0.3) is 0 Å². The second-order valence-electron chi connectivity index (χ2n) is 4.46. The van der Waals surface area contributed by atoms with Crippen molar-refractivity contribution in [3.8, 4) is 0 Å². The van der Waals surface area contributed by atoms with Gasteiger partial charge in [-0.05, 0) is 31.1 Å². The molecule has 94 valence electrons. The predicted molar refractivity (Wildman–Crippen MR) is 65.7 cm³/mol. The monoisotopic (exact) mass is 247 g/mol. The third-order valence-electron chi connectivity index (χ3n) is 3.16. The quantitative estimate of drug-likeness (QED) is 0.553. The lowest BCUT2D eigenvalue weighted by Crippen LogP contribution is -2.33. The highest BCUT2D eigenvalue weighted by Crippen LogP contribution is 2.31. The zero-order chi connectivity index (χ0) is 11.8. The molecule has 1 saturated carbocycles. The van der Waals surface area contributed by atoms with Gasteiger partial charge < -0.3 is 10.1 Å². The number of carbonyl (C=O) groups is 1. The topological polar surface area (TPSA) is 38.3 Å². The second-order valence-corrected chi connectivity index (χ2v) is 4.77. The Kier molecular flexibility index (Phi) is 6.81. The molecule has 0 heterocycles. The van der Waals surface area contributed by atoms with Crippen LogP contribution in [0.2, 0.25) is 0 Å². The van der Waals surface area contributed by atoms with Gasteiger partial charge in [-0.3, -0.25) is 4.79 Å². The maximum absolute atomic E-state index is 11.4. The minimum Gasteiger partial charge on any atom is -0.372 e. The third kappa shape index (κ3) is 4.71. The average Bonchev–Trinajstić information content (AvgIpc) is 2.74. The van der Waals surface area contributed by atoms with Crippen molar-refractivity contribution >= 4 is 17.5 Å². The fourth-order valence-corrected chi connectivity index (χ4v) is 2.60. The van der Waals surface area contributed by atoms with Crippen LogP contribution in [0.4, 0.5) is 0 Å². The summed E-state index contributed by atoms with van der Waals surface area (Å²) in [5.41, 5.74) is 0. The van der Waals surface area contributed by atoms with E-state index in [1.54, 1.807) is 0 Å². The van der Waals surface area contributed by atoms with Crippen molar-refractivity contribution in [2.75, 3.05) is 25.6 Å². The normalized spacial score (nSPS) is 24.6. The number of halogens is 1. The first-order valence-electron chi connectivity index (χ1n) is 6.18. The summed E-state index contributed by atoms with van der Waals surface area (Å²) >= 11 is 5.88. The fraction of sp³-hybridized carbons (Fsp3) is 0.917. The van der Waals surface area contributed by atoms with Gasteiger partial charge in [-0.2, -0.15) is 0 Å². The molecule has 0 aliphatic heterocycles. The van der Waals surface area contributed by atoms with Crippen LogP contribution in [0.25, 0.3) is 0 Å². The second kappa shape index (κ2) is 7.91. The van der Waals surface area contributed by atoms with Crippen LogP contribution in [0.15, 0.2) is 0 Å². The molecule has 1 fully saturated rings. The van der Waals surface area contributed by atoms with Crippen molar-refractivity contribution in [2.24, 2.45) is 11.8 Å². The van der Waals surface area contributed by atoms with Crippen LogP contribution in [-0.4, -0.2) is 31.5 Å². The smallest absolute Gasteiger partial charge is 0.246 e. The molecule has 0 aromatic heterocycles. The summed E-state index contributed by atoms with van der Waals surface area (Å²) in [6.45, 7) is 3.63. The van der Waals surface area contributed by atoms with Crippen LogP contribution in [0.1, 0.15) is 32.6 Å². The molecule has 16 heavy (non-hydrogen) atoms. The summed E-state index contributed by atoms with van der Waals surface area (Å²) < 4.78 is 5.17. The largest absolute Gasteiger partial charge is 0.372 e. The molecule has 0 bridgehead atoms. The first-order valence-corrected chi connectivity index (χ1v) is 6.71. The summed E-state index contributed by atoms with van der Waals surface area (Å²) in [4.78, 5) is 11.4. The Morgan fingerprint density at radius 1 is 1.44 bits per heavy atom. The molecule has 1 amide bonds. The number of nitrogens with one attached hydrogen (secondary N) is 1. The van der Waals surface area contributed by atoms with Gasteiger partial charge in [-0.1, -0.05) is 13.3 Å². The molecule has 0 aromatic rings. The standard InChI is InChI=1S/C12H22ClNO2/c1-2-6-16-9-12(15)14-8-11-5-3-4-10(11)7-13/h10-11H,2-9H2,1H3,(H,14,15). The van der Waals surface area contributed by atoms with E-state index >= 15 is 0 Å². The molecule has 3 nitrogen and oxygen atoms in total. The molecule has 1 aliphatic rings. The van der Waals surface area contributed by atoms with Crippen LogP contribution in [0.5, 0.6) is 0 Å². The Balaban J connectivity index is 2.11. The van der Waals surface area contributed by atoms with E-state index in [9.17, 15) is 4.79 Å². The molecule has 0 aromatic carbocycles. The Labute approximate surface area is 103 Å². The molecule has 1 rings (SSSR count). The molecule has 0 saturated heterocycles. The van der Waals surface area contributed by atoms with Crippen molar-refractivity contribution in [3.05, 3.63) is 0 Å². The maximum Gasteiger partial charge on any atom is 0.246 e. The number of alkyl halides is 1. The van der Waals surface area contributed by atoms with E-state index in [2.05, 4.69) is 5.32 Å². The van der Waals surface area contributed by atoms with Gasteiger partial charge in [0.1, 0.15) is 6.61 Å². The summed E-state index contributed by atoms with van der Waals surface area (Å²) in [5, 5.41) is 2.93. The van der Waals surface area contributed by atoms with Gasteiger partial charge in [0.15, 0.2) is 0 Å². The zero-order valence-corrected chi connectivity index (χ0v) is 10.8. The van der Waals surface area contributed by atoms with E-state index in [-0.39, 0.29) is 12.5 Å². The highest BCUT2D eigenvalue weighted by Gasteiger charge is 2.26. The highest BCUT2D eigenvalue weighted by atomic mass is 35.5. The van der Waals surface area contributed by atoms with Crippen molar-refractivity contribution in [3.63, 3.8) is 0 Å². The number of ether oxygens (including phenoxy) is 1. The van der Waals surface area contributed by atoms with E-state index in [0.29, 0.717) is 24.3 Å². The van der Waals surface area contributed by atoms with E-state index < -0.39 is 0 Å². The minimum atomic E-state index is -0.00586. The summed E-state index contributed by atoms with van der Waals surface area (Å²) in [6, 6.07) is 0. The number of amides is 1. The van der Waals surface area contributed by atoms with Crippen LogP contribution in [0, 0.1) is 11.8 Å². The van der Waals surface area contributed by atoms with Gasteiger partial charge >= 0.3 is 0 Å². The minimum absolute atomic E-state index is 0.00586. The molecule has 1 aliphatic carbocycles. The SMILES string of the molecule is CCCOCC(=O)NCC1CCCC1CCl. The Bertz CT molecular complexity index is 211. The van der Waals surface area contributed by atoms with Gasteiger partial charge in [0.05, 0.1) is 0 Å². The van der Waals surface area contributed by atoms with Crippen molar-refractivity contribution in [1.82, 2.24) is 5.32 Å². The number of hydrogen-bond acceptors (Lipinski definition) is 2. The summed E-state index contributed by atoms with van der Waals surface area (Å²) in [6.07, 6.45) is 4.58. The van der Waals surface area contributed by atoms with Crippen LogP contribution >= 0.6 is 11.6 Å². The molecule has 0 radical (unpaired) electrons. The van der Waals surface area contributed by atoms with Crippen molar-refractivity contribution in [1.29, 1.82) is 0 Å². The lowest BCUT2D eigenvalue weighted by atomic mass is 9.98. The molecule has 2 unspecified atom stereocenters. The first kappa shape index (κ1) is 13.8. The molecule has 0 spiro atoms. The molecule has 2 atom stereocenters. The summed E-state index contributed by atoms with van der Waals surface area (Å²) in [5.74, 6) is 1.85. The van der Waals surface area contributed by atoms with Crippen LogP contribution in [0.3, 0.4) is 0 Å². The fourth-order valence-electron chi connectivity index (χ4n) is 2.19. The predicted octanol–water partition coefficient (Wildman–Crippen LogP) is 2.18. The van der Waals surface area contributed by atoms with Gasteiger partial charge in [0, 0.05) is 19.0 Å². The van der Waals surface area contributed by atoms with Crippen LogP contribution < -0.4 is 5.32 Å². The Morgan fingerprint density at radius 3 is 2.88 bits per heavy atom. The van der Waals surface area contributed by atoms with E-state index in [1.807, 2.05) is 6.92 Å². The molecular formula is C12H22ClNO2. The Morgan fingerprint density at radius 2 is 2.19 bits per heavy atom. The third-order valence-corrected chi connectivity index (χ3v) is 3.55. The van der Waals surface area contributed by atoms with Gasteiger partial charge in [-0.25, -0.2) is 0 Å². The zero-order valence-electron chi connectivity index (χ0n) is 10.0. The van der Waals surface area contributed by atoms with Crippen molar-refractivity contribution in [2.45, 2.75) is 32.6 Å². The van der Waals surface area contributed by atoms with E-state index in [1.165, 1.54) is 19.3 Å². The van der Waals surface area contributed by atoms with E-state index in [4.69, 9.17) is 16.3 Å². The number of hydrogen-bond donors (Lipinski definition) is 1. The number of rotatable bonds is 7. The van der Waals surface area contributed by atoms with Crippen LogP contribution in [-0.2, 0) is 9.53 Å². The highest BCUT2D eigenvalue weighted by molar-refractivity contribution is 6.18. The molecular weight excluding hydrogens is 226 g/mol. The van der Waals surface area contributed by atoms with E-state index in [0.717, 1.165) is 13.0 Å². The molecule has 1 N–H and O–H groups in total. The molecule has 4 heteroatoms. The van der Waals surface area contributed by atoms with Gasteiger partial charge in [-0.15, -0.1) is 11.6 Å².